The van der Waals surface area contributed by atoms with Crippen LogP contribution in [0.25, 0.3) is 11.1 Å². The van der Waals surface area contributed by atoms with Crippen molar-refractivity contribution in [1.82, 2.24) is 0 Å². The van der Waals surface area contributed by atoms with Gasteiger partial charge in [0.05, 0.1) is 5.56 Å². The van der Waals surface area contributed by atoms with Crippen molar-refractivity contribution in [2.24, 2.45) is 11.8 Å². The Bertz CT molecular complexity index is 873. The van der Waals surface area contributed by atoms with Gasteiger partial charge in [0.25, 0.3) is 0 Å². The lowest BCUT2D eigenvalue weighted by molar-refractivity contribution is 0.216. The zero-order valence-corrected chi connectivity index (χ0v) is 19.2. The van der Waals surface area contributed by atoms with Crippen LogP contribution in [-0.2, 0) is 0 Å². The lowest BCUT2D eigenvalue weighted by Gasteiger charge is -2.37. The minimum atomic E-state index is -1.11. The minimum absolute atomic E-state index is 0.0189. The molecule has 0 amide bonds. The summed E-state index contributed by atoms with van der Waals surface area (Å²) in [7, 11) is -0.0912. The number of benzene rings is 2. The van der Waals surface area contributed by atoms with E-state index >= 15 is 0 Å². The molecule has 31 heavy (non-hydrogen) atoms. The quantitative estimate of drug-likeness (QED) is 0.318. The van der Waals surface area contributed by atoms with E-state index in [-0.39, 0.29) is 25.8 Å². The standard InChI is InChI=1S/C26H31F4Si/c1-2-11-31-12-9-19(10-13-31)17-3-5-18(6-4-17)21-15-24(29)26(25(30)16-21)20-7-8-22(27)23(28)14-20/h7-8,14-19H,2-6,9-13H2,1H3. The van der Waals surface area contributed by atoms with Gasteiger partial charge in [-0.2, -0.15) is 0 Å². The van der Waals surface area contributed by atoms with Gasteiger partial charge >= 0.3 is 0 Å². The van der Waals surface area contributed by atoms with Crippen LogP contribution in [0.3, 0.4) is 0 Å². The lowest BCUT2D eigenvalue weighted by Crippen LogP contribution is -2.28. The Kier molecular flexibility index (Phi) is 7.20. The van der Waals surface area contributed by atoms with Crippen LogP contribution < -0.4 is 0 Å². The third kappa shape index (κ3) is 5.07. The number of halogens is 4. The van der Waals surface area contributed by atoms with Crippen LogP contribution in [0.1, 0.15) is 63.4 Å². The molecule has 2 aromatic rings. The summed E-state index contributed by atoms with van der Waals surface area (Å²) in [6.45, 7) is 2.29. The Morgan fingerprint density at radius 3 is 1.94 bits per heavy atom. The molecule has 1 saturated carbocycles. The Morgan fingerprint density at radius 2 is 1.35 bits per heavy atom. The highest BCUT2D eigenvalue weighted by molar-refractivity contribution is 6.58. The van der Waals surface area contributed by atoms with Crippen molar-refractivity contribution in [2.45, 2.75) is 75.9 Å². The lowest BCUT2D eigenvalue weighted by atomic mass is 9.72. The molecule has 1 aliphatic carbocycles. The van der Waals surface area contributed by atoms with E-state index in [0.29, 0.717) is 5.56 Å². The molecule has 0 unspecified atom stereocenters. The van der Waals surface area contributed by atoms with Crippen LogP contribution in [-0.4, -0.2) is 8.80 Å². The van der Waals surface area contributed by atoms with E-state index in [0.717, 1.165) is 49.7 Å². The van der Waals surface area contributed by atoms with E-state index in [1.54, 1.807) is 0 Å². The Hall–Kier alpha value is -1.62. The van der Waals surface area contributed by atoms with Crippen molar-refractivity contribution >= 4 is 8.80 Å². The van der Waals surface area contributed by atoms with Crippen molar-refractivity contribution in [1.29, 1.82) is 0 Å². The van der Waals surface area contributed by atoms with Gasteiger partial charge in [0.1, 0.15) is 11.6 Å². The first-order valence-electron chi connectivity index (χ1n) is 11.7. The van der Waals surface area contributed by atoms with Gasteiger partial charge in [0.15, 0.2) is 11.6 Å². The summed E-state index contributed by atoms with van der Waals surface area (Å²) in [5, 5.41) is 0. The molecule has 2 aromatic carbocycles. The minimum Gasteiger partial charge on any atom is -0.206 e. The Balaban J connectivity index is 1.40. The first-order valence-corrected chi connectivity index (χ1v) is 13.9. The summed E-state index contributed by atoms with van der Waals surface area (Å²) >= 11 is 0. The smallest absolute Gasteiger partial charge is 0.159 e. The summed E-state index contributed by atoms with van der Waals surface area (Å²) in [6, 6.07) is 10.1. The first kappa shape index (κ1) is 22.6. The molecule has 4 rings (SSSR count). The highest BCUT2D eigenvalue weighted by Gasteiger charge is 2.32. The van der Waals surface area contributed by atoms with Crippen LogP contribution in [0, 0.1) is 35.1 Å². The third-order valence-corrected chi connectivity index (χ3v) is 10.7. The highest BCUT2D eigenvalue weighted by Crippen LogP contribution is 2.44. The molecule has 0 aromatic heterocycles. The predicted octanol–water partition coefficient (Wildman–Crippen LogP) is 8.50. The van der Waals surface area contributed by atoms with Crippen molar-refractivity contribution in [2.75, 3.05) is 0 Å². The molecule has 1 saturated heterocycles. The van der Waals surface area contributed by atoms with Crippen molar-refractivity contribution in [3.63, 3.8) is 0 Å². The van der Waals surface area contributed by atoms with Crippen molar-refractivity contribution in [3.8, 4) is 11.1 Å². The maximum atomic E-state index is 14.8. The zero-order chi connectivity index (χ0) is 22.0. The monoisotopic (exact) mass is 447 g/mol. The second-order valence-electron chi connectivity index (χ2n) is 9.44. The topological polar surface area (TPSA) is 0 Å². The highest BCUT2D eigenvalue weighted by atomic mass is 28.3. The molecular formula is C26H31F4Si. The maximum Gasteiger partial charge on any atom is 0.159 e. The average Bonchev–Trinajstić information content (AvgIpc) is 2.76. The van der Waals surface area contributed by atoms with Gasteiger partial charge in [0, 0.05) is 8.80 Å². The molecule has 0 atom stereocenters. The van der Waals surface area contributed by atoms with E-state index in [1.807, 2.05) is 0 Å². The summed E-state index contributed by atoms with van der Waals surface area (Å²) in [5.74, 6) is -1.78. The molecule has 0 bridgehead atoms. The van der Waals surface area contributed by atoms with Crippen molar-refractivity contribution < 1.29 is 17.6 Å². The molecule has 5 heteroatoms. The van der Waals surface area contributed by atoms with Gasteiger partial charge in [-0.15, -0.1) is 0 Å². The van der Waals surface area contributed by atoms with Crippen LogP contribution in [0.4, 0.5) is 17.6 Å². The largest absolute Gasteiger partial charge is 0.206 e. The summed E-state index contributed by atoms with van der Waals surface area (Å²) in [4.78, 5) is 0. The summed E-state index contributed by atoms with van der Waals surface area (Å²) < 4.78 is 56.3. The fraction of sp³-hybridized carbons (Fsp3) is 0.538. The second kappa shape index (κ2) is 9.89. The summed E-state index contributed by atoms with van der Waals surface area (Å²) in [5.41, 5.74) is 0.422. The molecule has 0 spiro atoms. The number of hydrogen-bond donors (Lipinski definition) is 0. The van der Waals surface area contributed by atoms with E-state index in [4.69, 9.17) is 0 Å². The van der Waals surface area contributed by atoms with Gasteiger partial charge in [-0.25, -0.2) is 17.6 Å². The van der Waals surface area contributed by atoms with Gasteiger partial charge < -0.3 is 0 Å². The van der Waals surface area contributed by atoms with Gasteiger partial charge in [-0.1, -0.05) is 50.4 Å². The SMILES string of the molecule is CCC[Si]1CCC(C2CCC(c3cc(F)c(-c4ccc(F)c(F)c4)c(F)c3)CC2)CC1. The van der Waals surface area contributed by atoms with E-state index in [9.17, 15) is 17.6 Å². The van der Waals surface area contributed by atoms with E-state index in [1.165, 1.54) is 55.6 Å². The molecule has 1 radical (unpaired) electrons. The molecule has 2 fully saturated rings. The average molecular weight is 448 g/mol. The number of hydrogen-bond acceptors (Lipinski definition) is 0. The Morgan fingerprint density at radius 1 is 0.742 bits per heavy atom. The van der Waals surface area contributed by atoms with Gasteiger partial charge in [0.2, 0.25) is 0 Å². The molecule has 1 heterocycles. The molecular weight excluding hydrogens is 416 g/mol. The van der Waals surface area contributed by atoms with Gasteiger partial charge in [-0.3, -0.25) is 0 Å². The van der Waals surface area contributed by atoms with Crippen molar-refractivity contribution in [3.05, 3.63) is 59.2 Å². The van der Waals surface area contributed by atoms with E-state index < -0.39 is 23.3 Å². The van der Waals surface area contributed by atoms with Crippen LogP contribution >= 0.6 is 0 Å². The van der Waals surface area contributed by atoms with Crippen LogP contribution in [0.2, 0.25) is 18.1 Å². The molecule has 167 valence electrons. The van der Waals surface area contributed by atoms with E-state index in [2.05, 4.69) is 6.92 Å². The van der Waals surface area contributed by atoms with Crippen LogP contribution in [0.15, 0.2) is 30.3 Å². The summed E-state index contributed by atoms with van der Waals surface area (Å²) in [6.07, 6.45) is 8.31. The Labute approximate surface area is 184 Å². The molecule has 2 aliphatic rings. The molecule has 0 N–H and O–H groups in total. The normalized spacial score (nSPS) is 23.3. The first-order chi connectivity index (χ1) is 15.0. The molecule has 0 nitrogen and oxygen atoms in total. The number of rotatable bonds is 5. The predicted molar refractivity (Wildman–Crippen MR) is 120 cm³/mol. The fourth-order valence-electron chi connectivity index (χ4n) is 5.80. The second-order valence-corrected chi connectivity index (χ2v) is 12.4. The fourth-order valence-corrected chi connectivity index (χ4v) is 8.82. The zero-order valence-electron chi connectivity index (χ0n) is 18.2. The van der Waals surface area contributed by atoms with Crippen LogP contribution in [0.5, 0.6) is 0 Å². The third-order valence-electron chi connectivity index (χ3n) is 7.52. The maximum absolute atomic E-state index is 14.8. The molecule has 1 aliphatic heterocycles. The van der Waals surface area contributed by atoms with Gasteiger partial charge in [-0.05, 0) is 78.8 Å².